The topological polar surface area (TPSA) is 6.48 Å². The van der Waals surface area contributed by atoms with Crippen LogP contribution in [0.2, 0.25) is 0 Å². The summed E-state index contributed by atoms with van der Waals surface area (Å²) in [5, 5.41) is 0. The van der Waals surface area contributed by atoms with E-state index in [1.165, 1.54) is 58.3 Å². The van der Waals surface area contributed by atoms with Gasteiger partial charge in [0.1, 0.15) is 0 Å². The Balaban J connectivity index is 1.90. The molecule has 0 aromatic heterocycles. The Hall–Kier alpha value is -0.0800. The van der Waals surface area contributed by atoms with Gasteiger partial charge in [0.15, 0.2) is 0 Å². The zero-order valence-electron chi connectivity index (χ0n) is 10.4. The van der Waals surface area contributed by atoms with Gasteiger partial charge in [-0.2, -0.15) is 0 Å². The summed E-state index contributed by atoms with van der Waals surface area (Å²) in [4.78, 5) is 5.23. The standard InChI is InChI=1S/C13H26N2/c1-3-12-6-4-5-7-13(12)15-10-8-14(2)9-11-15/h12-13H,3-11H2,1-2H3/t12-,13+/m1/s1. The lowest BCUT2D eigenvalue weighted by Gasteiger charge is -2.43. The summed E-state index contributed by atoms with van der Waals surface area (Å²) in [6.07, 6.45) is 7.27. The van der Waals surface area contributed by atoms with Crippen LogP contribution in [0, 0.1) is 5.92 Å². The molecule has 1 heterocycles. The number of likely N-dealkylation sites (N-methyl/N-ethyl adjacent to an activating group) is 1. The lowest BCUT2D eigenvalue weighted by molar-refractivity contribution is 0.0568. The lowest BCUT2D eigenvalue weighted by Crippen LogP contribution is -2.51. The molecule has 2 nitrogen and oxygen atoms in total. The highest BCUT2D eigenvalue weighted by Crippen LogP contribution is 2.31. The fourth-order valence-corrected chi connectivity index (χ4v) is 3.30. The van der Waals surface area contributed by atoms with E-state index < -0.39 is 0 Å². The molecular formula is C13H26N2. The van der Waals surface area contributed by atoms with Crippen LogP contribution in [-0.4, -0.2) is 49.1 Å². The molecule has 0 bridgehead atoms. The number of hydrogen-bond acceptors (Lipinski definition) is 2. The lowest BCUT2D eigenvalue weighted by atomic mass is 9.81. The third kappa shape index (κ3) is 2.73. The highest BCUT2D eigenvalue weighted by molar-refractivity contribution is 4.85. The molecule has 1 saturated heterocycles. The predicted molar refractivity (Wildman–Crippen MR) is 65.1 cm³/mol. The predicted octanol–water partition coefficient (Wildman–Crippen LogP) is 2.20. The highest BCUT2D eigenvalue weighted by atomic mass is 15.3. The van der Waals surface area contributed by atoms with Gasteiger partial charge in [-0.15, -0.1) is 0 Å². The summed E-state index contributed by atoms with van der Waals surface area (Å²) in [5.41, 5.74) is 0. The molecule has 2 rings (SSSR count). The molecule has 15 heavy (non-hydrogen) atoms. The van der Waals surface area contributed by atoms with Gasteiger partial charge in [-0.05, 0) is 25.8 Å². The summed E-state index contributed by atoms with van der Waals surface area (Å²) in [7, 11) is 2.25. The molecule has 0 unspecified atom stereocenters. The van der Waals surface area contributed by atoms with Crippen molar-refractivity contribution in [3.05, 3.63) is 0 Å². The van der Waals surface area contributed by atoms with E-state index in [1.54, 1.807) is 0 Å². The minimum Gasteiger partial charge on any atom is -0.304 e. The van der Waals surface area contributed by atoms with Crippen molar-refractivity contribution >= 4 is 0 Å². The van der Waals surface area contributed by atoms with Crippen molar-refractivity contribution in [1.29, 1.82) is 0 Å². The monoisotopic (exact) mass is 210 g/mol. The first kappa shape index (κ1) is 11.4. The van der Waals surface area contributed by atoms with Gasteiger partial charge in [0, 0.05) is 32.2 Å². The van der Waals surface area contributed by atoms with Gasteiger partial charge in [0.2, 0.25) is 0 Å². The van der Waals surface area contributed by atoms with Crippen LogP contribution in [-0.2, 0) is 0 Å². The number of nitrogens with zero attached hydrogens (tertiary/aromatic N) is 2. The molecule has 0 spiro atoms. The number of rotatable bonds is 2. The average molecular weight is 210 g/mol. The molecule has 2 atom stereocenters. The maximum Gasteiger partial charge on any atom is 0.0124 e. The normalized spacial score (nSPS) is 35.6. The van der Waals surface area contributed by atoms with Crippen LogP contribution in [0.25, 0.3) is 0 Å². The van der Waals surface area contributed by atoms with Gasteiger partial charge in [0.25, 0.3) is 0 Å². The minimum atomic E-state index is 0.914. The largest absolute Gasteiger partial charge is 0.304 e. The third-order valence-electron chi connectivity index (χ3n) is 4.40. The Morgan fingerprint density at radius 3 is 2.33 bits per heavy atom. The molecule has 1 aliphatic carbocycles. The van der Waals surface area contributed by atoms with Crippen molar-refractivity contribution in [1.82, 2.24) is 9.80 Å². The fourth-order valence-electron chi connectivity index (χ4n) is 3.30. The SMILES string of the molecule is CC[C@@H]1CCCC[C@@H]1N1CCN(C)CC1. The van der Waals surface area contributed by atoms with Crippen LogP contribution in [0.3, 0.4) is 0 Å². The van der Waals surface area contributed by atoms with E-state index in [-0.39, 0.29) is 0 Å². The van der Waals surface area contributed by atoms with Crippen LogP contribution in [0.15, 0.2) is 0 Å². The minimum absolute atomic E-state index is 0.914. The second-order valence-electron chi connectivity index (χ2n) is 5.36. The molecule has 2 aliphatic rings. The molecule has 0 amide bonds. The molecule has 2 heteroatoms. The summed E-state index contributed by atoms with van der Waals surface area (Å²) < 4.78 is 0. The van der Waals surface area contributed by atoms with Gasteiger partial charge >= 0.3 is 0 Å². The summed E-state index contributed by atoms with van der Waals surface area (Å²) in [6.45, 7) is 7.52. The zero-order valence-corrected chi connectivity index (χ0v) is 10.4. The Bertz CT molecular complexity index is 185. The Morgan fingerprint density at radius 2 is 1.67 bits per heavy atom. The van der Waals surface area contributed by atoms with Crippen molar-refractivity contribution in [2.24, 2.45) is 5.92 Å². The fraction of sp³-hybridized carbons (Fsp3) is 1.00. The Morgan fingerprint density at radius 1 is 1.00 bits per heavy atom. The number of hydrogen-bond donors (Lipinski definition) is 0. The van der Waals surface area contributed by atoms with Crippen molar-refractivity contribution in [2.75, 3.05) is 33.2 Å². The molecule has 88 valence electrons. The number of piperazine rings is 1. The van der Waals surface area contributed by atoms with E-state index in [2.05, 4.69) is 23.8 Å². The van der Waals surface area contributed by atoms with Gasteiger partial charge < -0.3 is 4.90 Å². The molecule has 0 aromatic rings. The van der Waals surface area contributed by atoms with E-state index in [0.29, 0.717) is 0 Å². The van der Waals surface area contributed by atoms with Gasteiger partial charge in [-0.3, -0.25) is 4.90 Å². The van der Waals surface area contributed by atoms with Crippen LogP contribution in [0.4, 0.5) is 0 Å². The Kier molecular flexibility index (Phi) is 4.04. The van der Waals surface area contributed by atoms with E-state index in [4.69, 9.17) is 0 Å². The van der Waals surface area contributed by atoms with Crippen molar-refractivity contribution in [2.45, 2.75) is 45.1 Å². The molecular weight excluding hydrogens is 184 g/mol. The average Bonchev–Trinajstić information content (AvgIpc) is 2.30. The van der Waals surface area contributed by atoms with E-state index in [0.717, 1.165) is 12.0 Å². The summed E-state index contributed by atoms with van der Waals surface area (Å²) >= 11 is 0. The first-order valence-corrected chi connectivity index (χ1v) is 6.74. The maximum absolute atomic E-state index is 2.77. The molecule has 1 aliphatic heterocycles. The quantitative estimate of drug-likeness (QED) is 0.689. The van der Waals surface area contributed by atoms with Crippen molar-refractivity contribution < 1.29 is 0 Å². The van der Waals surface area contributed by atoms with Crippen molar-refractivity contribution in [3.8, 4) is 0 Å². The maximum atomic E-state index is 2.77. The van der Waals surface area contributed by atoms with E-state index in [1.807, 2.05) is 0 Å². The summed E-state index contributed by atoms with van der Waals surface area (Å²) in [6, 6.07) is 0.914. The second kappa shape index (κ2) is 5.31. The van der Waals surface area contributed by atoms with Crippen LogP contribution < -0.4 is 0 Å². The molecule has 0 aromatic carbocycles. The van der Waals surface area contributed by atoms with Crippen LogP contribution in [0.5, 0.6) is 0 Å². The van der Waals surface area contributed by atoms with Crippen LogP contribution in [0.1, 0.15) is 39.0 Å². The highest BCUT2D eigenvalue weighted by Gasteiger charge is 2.30. The van der Waals surface area contributed by atoms with Gasteiger partial charge in [-0.25, -0.2) is 0 Å². The Labute approximate surface area is 94.6 Å². The molecule has 1 saturated carbocycles. The smallest absolute Gasteiger partial charge is 0.0124 e. The third-order valence-corrected chi connectivity index (χ3v) is 4.40. The van der Waals surface area contributed by atoms with Crippen molar-refractivity contribution in [3.63, 3.8) is 0 Å². The van der Waals surface area contributed by atoms with E-state index >= 15 is 0 Å². The van der Waals surface area contributed by atoms with Gasteiger partial charge in [-0.1, -0.05) is 26.2 Å². The zero-order chi connectivity index (χ0) is 10.7. The molecule has 2 fully saturated rings. The molecule has 0 radical (unpaired) electrons. The first-order chi connectivity index (χ1) is 7.31. The second-order valence-corrected chi connectivity index (χ2v) is 5.36. The van der Waals surface area contributed by atoms with Crippen LogP contribution >= 0.6 is 0 Å². The molecule has 0 N–H and O–H groups in total. The summed E-state index contributed by atoms with van der Waals surface area (Å²) in [5.74, 6) is 0.988. The first-order valence-electron chi connectivity index (χ1n) is 6.74. The van der Waals surface area contributed by atoms with Gasteiger partial charge in [0.05, 0.1) is 0 Å². The van der Waals surface area contributed by atoms with E-state index in [9.17, 15) is 0 Å².